The van der Waals surface area contributed by atoms with E-state index in [2.05, 4.69) is 5.32 Å². The Kier molecular flexibility index (Phi) is 6.50. The van der Waals surface area contributed by atoms with Gasteiger partial charge in [0.1, 0.15) is 5.01 Å². The first-order valence-electron chi connectivity index (χ1n) is 9.50. The van der Waals surface area contributed by atoms with E-state index in [4.69, 9.17) is 26.1 Å². The van der Waals surface area contributed by atoms with E-state index in [1.807, 2.05) is 66.0 Å². The van der Waals surface area contributed by atoms with Gasteiger partial charge in [-0.1, -0.05) is 54.1 Å². The summed E-state index contributed by atoms with van der Waals surface area (Å²) < 4.78 is 10.8. The van der Waals surface area contributed by atoms with Gasteiger partial charge in [-0.2, -0.15) is 0 Å². The summed E-state index contributed by atoms with van der Waals surface area (Å²) in [5.41, 5.74) is 3.29. The Morgan fingerprint density at radius 1 is 1.03 bits per heavy atom. The maximum atomic E-state index is 12.4. The lowest BCUT2D eigenvalue weighted by molar-refractivity contribution is -0.118. The molecule has 0 bridgehead atoms. The third kappa shape index (κ3) is 5.05. The van der Waals surface area contributed by atoms with Gasteiger partial charge in [-0.25, -0.2) is 4.98 Å². The highest BCUT2D eigenvalue weighted by Crippen LogP contribution is 2.33. The molecule has 156 valence electrons. The van der Waals surface area contributed by atoms with Gasteiger partial charge in [-0.15, -0.1) is 11.3 Å². The van der Waals surface area contributed by atoms with Gasteiger partial charge in [0, 0.05) is 22.2 Å². The molecule has 0 fully saturated rings. The second-order valence-corrected chi connectivity index (χ2v) is 7.85. The molecule has 0 spiro atoms. The summed E-state index contributed by atoms with van der Waals surface area (Å²) in [5, 5.41) is 6.35. The van der Waals surface area contributed by atoms with Crippen molar-refractivity contribution >= 4 is 34.5 Å². The number of carbonyl (C=O) groups is 1. The first kappa shape index (κ1) is 20.9. The Morgan fingerprint density at radius 3 is 2.61 bits per heavy atom. The fraction of sp³-hybridized carbons (Fsp3) is 0.0833. The Balaban J connectivity index is 1.44. The van der Waals surface area contributed by atoms with Crippen molar-refractivity contribution in [2.24, 2.45) is 0 Å². The lowest BCUT2D eigenvalue weighted by Gasteiger charge is -2.11. The SMILES string of the molecule is COc1ccccc1OCC(=O)Nc1cccc(-c2csc(-c3ccccc3Cl)n2)c1. The molecule has 1 heterocycles. The molecule has 31 heavy (non-hydrogen) atoms. The van der Waals surface area contributed by atoms with E-state index in [0.29, 0.717) is 22.2 Å². The summed E-state index contributed by atoms with van der Waals surface area (Å²) >= 11 is 7.81. The van der Waals surface area contributed by atoms with Crippen molar-refractivity contribution in [2.75, 3.05) is 19.0 Å². The average Bonchev–Trinajstić information content (AvgIpc) is 3.28. The highest BCUT2D eigenvalue weighted by molar-refractivity contribution is 7.13. The van der Waals surface area contributed by atoms with Gasteiger partial charge < -0.3 is 14.8 Å². The third-order valence-electron chi connectivity index (χ3n) is 4.48. The van der Waals surface area contributed by atoms with Crippen LogP contribution in [0.4, 0.5) is 5.69 Å². The van der Waals surface area contributed by atoms with Crippen molar-refractivity contribution in [1.29, 1.82) is 0 Å². The molecule has 4 rings (SSSR count). The van der Waals surface area contributed by atoms with Crippen molar-refractivity contribution in [3.05, 3.63) is 83.2 Å². The number of benzene rings is 3. The number of hydrogen-bond donors (Lipinski definition) is 1. The molecule has 0 atom stereocenters. The van der Waals surface area contributed by atoms with E-state index in [0.717, 1.165) is 21.8 Å². The maximum Gasteiger partial charge on any atom is 0.262 e. The Hall–Kier alpha value is -3.35. The van der Waals surface area contributed by atoms with Crippen LogP contribution in [-0.4, -0.2) is 24.6 Å². The Morgan fingerprint density at radius 2 is 1.81 bits per heavy atom. The monoisotopic (exact) mass is 450 g/mol. The maximum absolute atomic E-state index is 12.4. The molecule has 1 aromatic heterocycles. The minimum Gasteiger partial charge on any atom is -0.493 e. The molecule has 1 N–H and O–H groups in total. The first-order valence-corrected chi connectivity index (χ1v) is 10.8. The number of nitrogens with zero attached hydrogens (tertiary/aromatic N) is 1. The number of anilines is 1. The molecule has 0 radical (unpaired) electrons. The van der Waals surface area contributed by atoms with Crippen LogP contribution in [0, 0.1) is 0 Å². The highest BCUT2D eigenvalue weighted by Gasteiger charge is 2.11. The topological polar surface area (TPSA) is 60.5 Å². The standard InChI is InChI=1S/C24H19ClN2O3S/c1-29-21-11-4-5-12-22(21)30-14-23(28)26-17-8-6-7-16(13-17)20-15-31-24(27-20)18-9-2-3-10-19(18)25/h2-13,15H,14H2,1H3,(H,26,28). The Bertz CT molecular complexity index is 1210. The molecule has 0 aliphatic carbocycles. The number of para-hydroxylation sites is 2. The number of thiazole rings is 1. The van der Waals surface area contributed by atoms with Gasteiger partial charge in [0.25, 0.3) is 5.91 Å². The van der Waals surface area contributed by atoms with Gasteiger partial charge in [0.05, 0.1) is 17.8 Å². The molecule has 4 aromatic rings. The lowest BCUT2D eigenvalue weighted by Crippen LogP contribution is -2.20. The largest absolute Gasteiger partial charge is 0.493 e. The zero-order valence-electron chi connectivity index (χ0n) is 16.7. The fourth-order valence-electron chi connectivity index (χ4n) is 3.00. The minimum absolute atomic E-state index is 0.127. The molecule has 1 amide bonds. The molecule has 0 unspecified atom stereocenters. The number of halogens is 1. The molecule has 5 nitrogen and oxygen atoms in total. The van der Waals surface area contributed by atoms with Crippen LogP contribution in [0.25, 0.3) is 21.8 Å². The summed E-state index contributed by atoms with van der Waals surface area (Å²) in [6.07, 6.45) is 0. The zero-order valence-corrected chi connectivity index (χ0v) is 18.2. The van der Waals surface area contributed by atoms with Crippen LogP contribution in [0.2, 0.25) is 5.02 Å². The molecule has 0 saturated carbocycles. The quantitative estimate of drug-likeness (QED) is 0.366. The number of aromatic nitrogens is 1. The molecule has 3 aromatic carbocycles. The van der Waals surface area contributed by atoms with Gasteiger partial charge in [-0.3, -0.25) is 4.79 Å². The summed E-state index contributed by atoms with van der Waals surface area (Å²) in [6, 6.07) is 22.4. The van der Waals surface area contributed by atoms with Crippen molar-refractivity contribution in [3.8, 4) is 33.3 Å². The average molecular weight is 451 g/mol. The number of amides is 1. The second-order valence-electron chi connectivity index (χ2n) is 6.59. The second kappa shape index (κ2) is 9.64. The van der Waals surface area contributed by atoms with Gasteiger partial charge in [0.15, 0.2) is 18.1 Å². The minimum atomic E-state index is -0.266. The number of carbonyl (C=O) groups excluding carboxylic acids is 1. The molecular formula is C24H19ClN2O3S. The van der Waals surface area contributed by atoms with E-state index in [1.54, 1.807) is 19.2 Å². The predicted octanol–water partition coefficient (Wildman–Crippen LogP) is 6.16. The molecule has 7 heteroatoms. The molecule has 0 aliphatic heterocycles. The van der Waals surface area contributed by atoms with Crippen LogP contribution < -0.4 is 14.8 Å². The van der Waals surface area contributed by atoms with Crippen molar-refractivity contribution in [2.45, 2.75) is 0 Å². The molecule has 0 aliphatic rings. The summed E-state index contributed by atoms with van der Waals surface area (Å²) in [6.45, 7) is -0.127. The van der Waals surface area contributed by atoms with E-state index >= 15 is 0 Å². The predicted molar refractivity (Wildman–Crippen MR) is 125 cm³/mol. The number of rotatable bonds is 7. The first-order chi connectivity index (χ1) is 15.1. The number of nitrogens with one attached hydrogen (secondary N) is 1. The van der Waals surface area contributed by atoms with Crippen LogP contribution >= 0.6 is 22.9 Å². The lowest BCUT2D eigenvalue weighted by atomic mass is 10.1. The van der Waals surface area contributed by atoms with Crippen molar-refractivity contribution in [3.63, 3.8) is 0 Å². The smallest absolute Gasteiger partial charge is 0.262 e. The van der Waals surface area contributed by atoms with E-state index < -0.39 is 0 Å². The van der Waals surface area contributed by atoms with Crippen LogP contribution in [0.3, 0.4) is 0 Å². The van der Waals surface area contributed by atoms with Crippen LogP contribution in [0.5, 0.6) is 11.5 Å². The fourth-order valence-corrected chi connectivity index (χ4v) is 4.15. The van der Waals surface area contributed by atoms with E-state index in [1.165, 1.54) is 11.3 Å². The number of ether oxygens (including phenoxy) is 2. The van der Waals surface area contributed by atoms with Crippen LogP contribution in [-0.2, 0) is 4.79 Å². The summed E-state index contributed by atoms with van der Waals surface area (Å²) in [5.74, 6) is 0.830. The van der Waals surface area contributed by atoms with Gasteiger partial charge in [-0.05, 0) is 30.3 Å². The molecular weight excluding hydrogens is 432 g/mol. The third-order valence-corrected chi connectivity index (χ3v) is 5.68. The zero-order chi connectivity index (χ0) is 21.6. The van der Waals surface area contributed by atoms with E-state index in [-0.39, 0.29) is 12.5 Å². The van der Waals surface area contributed by atoms with Crippen molar-refractivity contribution < 1.29 is 14.3 Å². The number of methoxy groups -OCH3 is 1. The summed E-state index contributed by atoms with van der Waals surface area (Å²) in [7, 11) is 1.56. The van der Waals surface area contributed by atoms with Gasteiger partial charge >= 0.3 is 0 Å². The van der Waals surface area contributed by atoms with Gasteiger partial charge in [0.2, 0.25) is 0 Å². The van der Waals surface area contributed by atoms with Crippen molar-refractivity contribution in [1.82, 2.24) is 4.98 Å². The van der Waals surface area contributed by atoms with E-state index in [9.17, 15) is 4.79 Å². The number of hydrogen-bond acceptors (Lipinski definition) is 5. The Labute approximate surface area is 189 Å². The normalized spacial score (nSPS) is 10.5. The highest BCUT2D eigenvalue weighted by atomic mass is 35.5. The van der Waals surface area contributed by atoms with Crippen LogP contribution in [0.15, 0.2) is 78.2 Å². The summed E-state index contributed by atoms with van der Waals surface area (Å²) in [4.78, 5) is 17.1. The van der Waals surface area contributed by atoms with Crippen LogP contribution in [0.1, 0.15) is 0 Å². The molecule has 0 saturated heterocycles.